The largest absolute Gasteiger partial charge is 0.501 e. The summed E-state index contributed by atoms with van der Waals surface area (Å²) in [6, 6.07) is 3.20. The van der Waals surface area contributed by atoms with Crippen molar-refractivity contribution >= 4 is 61.5 Å². The molecule has 5 nitrogen and oxygen atoms in total. The number of carbonyl (C=O) groups is 1. The minimum atomic E-state index is -5.44. The Balaban J connectivity index is 2.04. The van der Waals surface area contributed by atoms with Crippen LogP contribution in [0.1, 0.15) is 6.92 Å². The fourth-order valence-electron chi connectivity index (χ4n) is 2.43. The van der Waals surface area contributed by atoms with Crippen LogP contribution in [-0.4, -0.2) is 42.6 Å². The Morgan fingerprint density at radius 1 is 1.23 bits per heavy atom. The first-order chi connectivity index (χ1) is 12.0. The second-order valence-electron chi connectivity index (χ2n) is 5.29. The number of hydrogen-bond donors (Lipinski definition) is 0. The number of hydrogen-bond acceptors (Lipinski definition) is 7. The predicted molar refractivity (Wildman–Crippen MR) is 98.5 cm³/mol. The van der Waals surface area contributed by atoms with Crippen LogP contribution in [0.3, 0.4) is 0 Å². The van der Waals surface area contributed by atoms with Crippen LogP contribution in [0.5, 0.6) is 0 Å². The third-order valence-corrected chi connectivity index (χ3v) is 8.06. The maximum absolute atomic E-state index is 12.8. The number of anilines is 1. The van der Waals surface area contributed by atoms with Gasteiger partial charge >= 0.3 is 5.51 Å². The first-order valence-electron chi connectivity index (χ1n) is 7.14. The summed E-state index contributed by atoms with van der Waals surface area (Å²) in [5.74, 6) is -0.271. The van der Waals surface area contributed by atoms with Gasteiger partial charge in [0, 0.05) is 18.5 Å². The van der Waals surface area contributed by atoms with Crippen LogP contribution < -0.4 is 4.90 Å². The number of halogens is 3. The minimum Gasteiger partial charge on any atom is -0.337 e. The maximum atomic E-state index is 12.8. The molecule has 2 heterocycles. The zero-order valence-electron chi connectivity index (χ0n) is 13.3. The molecular formula is C14H11F3N2O3S4. The van der Waals surface area contributed by atoms with Crippen LogP contribution in [0.25, 0.3) is 0 Å². The Hall–Kier alpha value is -1.24. The fourth-order valence-corrected chi connectivity index (χ4v) is 5.90. The van der Waals surface area contributed by atoms with Gasteiger partial charge in [0.1, 0.15) is 9.23 Å². The van der Waals surface area contributed by atoms with Crippen LogP contribution in [-0.2, 0) is 14.6 Å². The lowest BCUT2D eigenvalue weighted by Gasteiger charge is -2.16. The molecule has 1 aromatic carbocycles. The molecule has 0 aromatic heterocycles. The number of alkyl halides is 3. The summed E-state index contributed by atoms with van der Waals surface area (Å²) in [7, 11) is -3.88. The van der Waals surface area contributed by atoms with Crippen LogP contribution in [0.4, 0.5) is 18.9 Å². The van der Waals surface area contributed by atoms with Crippen molar-refractivity contribution in [3.63, 3.8) is 0 Å². The average Bonchev–Trinajstić information content (AvgIpc) is 3.02. The van der Waals surface area contributed by atoms with Crippen molar-refractivity contribution in [3.05, 3.63) is 28.1 Å². The summed E-state index contributed by atoms with van der Waals surface area (Å²) >= 11 is 7.47. The number of benzene rings is 1. The second kappa shape index (κ2) is 6.43. The Morgan fingerprint density at radius 3 is 2.42 bits per heavy atom. The summed E-state index contributed by atoms with van der Waals surface area (Å²) in [4.78, 5) is 15.5. The summed E-state index contributed by atoms with van der Waals surface area (Å²) in [5.41, 5.74) is -5.09. The molecule has 140 valence electrons. The smallest absolute Gasteiger partial charge is 0.337 e. The van der Waals surface area contributed by atoms with Crippen LogP contribution in [0.2, 0.25) is 0 Å². The van der Waals surface area contributed by atoms with Gasteiger partial charge in [0.05, 0.1) is 15.6 Å². The van der Waals surface area contributed by atoms with Gasteiger partial charge in [-0.15, -0.1) is 0 Å². The highest BCUT2D eigenvalue weighted by atomic mass is 32.2. The van der Waals surface area contributed by atoms with E-state index in [1.165, 1.54) is 27.6 Å². The number of sulfone groups is 1. The van der Waals surface area contributed by atoms with E-state index in [4.69, 9.17) is 12.2 Å². The van der Waals surface area contributed by atoms with Gasteiger partial charge in [-0.1, -0.05) is 35.7 Å². The molecule has 0 N–H and O–H groups in total. The molecule has 26 heavy (non-hydrogen) atoms. The molecule has 2 aliphatic heterocycles. The quantitative estimate of drug-likeness (QED) is 0.515. The number of nitrogens with zero attached hydrogens (tertiary/aromatic N) is 2. The SMILES string of the molecule is CCN1C(=O)/C(=C2/Sc3ccc(S(=O)(=O)C(F)(F)F)cc3N2C)SC1=S. The molecular weight excluding hydrogens is 429 g/mol. The van der Waals surface area contributed by atoms with Gasteiger partial charge in [-0.3, -0.25) is 9.69 Å². The molecule has 0 radical (unpaired) electrons. The zero-order valence-corrected chi connectivity index (χ0v) is 16.6. The Kier molecular flexibility index (Phi) is 4.83. The van der Waals surface area contributed by atoms with Gasteiger partial charge < -0.3 is 4.90 Å². The van der Waals surface area contributed by atoms with Crippen LogP contribution in [0.15, 0.2) is 37.9 Å². The molecule has 0 bridgehead atoms. The topological polar surface area (TPSA) is 57.7 Å². The van der Waals surface area contributed by atoms with Gasteiger partial charge in [-0.2, -0.15) is 13.2 Å². The molecule has 3 rings (SSSR count). The first-order valence-corrected chi connectivity index (χ1v) is 10.7. The standard InChI is InChI=1S/C14H11F3N2O3S4/c1-3-19-11(20)10(25-13(19)23)12-18(2)8-6-7(4-5-9(8)24-12)26(21,22)14(15,16)17/h4-6H,3H2,1-2H3/b12-10-. The number of fused-ring (bicyclic) bond motifs is 1. The first kappa shape index (κ1) is 19.5. The highest BCUT2D eigenvalue weighted by molar-refractivity contribution is 8.27. The van der Waals surface area contributed by atoms with Crippen LogP contribution >= 0.6 is 35.7 Å². The van der Waals surface area contributed by atoms with Crippen molar-refractivity contribution in [2.75, 3.05) is 18.5 Å². The van der Waals surface area contributed by atoms with E-state index in [0.717, 1.165) is 23.9 Å². The predicted octanol–water partition coefficient (Wildman–Crippen LogP) is 3.57. The second-order valence-corrected chi connectivity index (χ2v) is 9.91. The van der Waals surface area contributed by atoms with Crippen molar-refractivity contribution in [1.82, 2.24) is 4.90 Å². The maximum Gasteiger partial charge on any atom is 0.501 e. The Bertz CT molecular complexity index is 957. The van der Waals surface area contributed by atoms with E-state index in [1.807, 2.05) is 0 Å². The Morgan fingerprint density at radius 2 is 1.88 bits per heavy atom. The average molecular weight is 441 g/mol. The number of carbonyl (C=O) groups excluding carboxylic acids is 1. The molecule has 0 unspecified atom stereocenters. The monoisotopic (exact) mass is 440 g/mol. The molecule has 1 fully saturated rings. The number of thiocarbonyl (C=S) groups is 1. The molecule has 1 aromatic rings. The van der Waals surface area contributed by atoms with Gasteiger partial charge in [-0.05, 0) is 25.1 Å². The summed E-state index contributed by atoms with van der Waals surface area (Å²) in [6.07, 6.45) is 0. The van der Waals surface area contributed by atoms with E-state index in [1.54, 1.807) is 14.0 Å². The fraction of sp³-hybridized carbons (Fsp3) is 0.286. The molecule has 12 heteroatoms. The third-order valence-electron chi connectivity index (χ3n) is 3.78. The zero-order chi connectivity index (χ0) is 19.4. The molecule has 0 aliphatic carbocycles. The highest BCUT2D eigenvalue weighted by Gasteiger charge is 2.47. The number of rotatable bonds is 2. The summed E-state index contributed by atoms with van der Waals surface area (Å²) in [5, 5.41) is 0.509. The van der Waals surface area contributed by atoms with Gasteiger partial charge in [0.2, 0.25) is 0 Å². The number of amides is 1. The third kappa shape index (κ3) is 2.92. The van der Waals surface area contributed by atoms with Crippen molar-refractivity contribution in [1.29, 1.82) is 0 Å². The van der Waals surface area contributed by atoms with E-state index in [9.17, 15) is 26.4 Å². The molecule has 1 saturated heterocycles. The van der Waals surface area contributed by atoms with E-state index >= 15 is 0 Å². The van der Waals surface area contributed by atoms with Crippen molar-refractivity contribution in [3.8, 4) is 0 Å². The lowest BCUT2D eigenvalue weighted by Crippen LogP contribution is -2.28. The van der Waals surface area contributed by atoms with Crippen molar-refractivity contribution in [2.24, 2.45) is 0 Å². The highest BCUT2D eigenvalue weighted by Crippen LogP contribution is 2.50. The molecule has 0 saturated carbocycles. The van der Waals surface area contributed by atoms with Crippen LogP contribution in [0, 0.1) is 0 Å². The number of likely N-dealkylation sites (N-methyl/N-ethyl adjacent to an activating group) is 1. The Labute approximate surface area is 161 Å². The summed E-state index contributed by atoms with van der Waals surface area (Å²) in [6.45, 7) is 2.20. The van der Waals surface area contributed by atoms with Gasteiger partial charge in [0.15, 0.2) is 0 Å². The minimum absolute atomic E-state index is 0.271. The molecule has 1 amide bonds. The summed E-state index contributed by atoms with van der Waals surface area (Å²) < 4.78 is 62.0. The molecule has 0 spiro atoms. The van der Waals surface area contributed by atoms with Crippen molar-refractivity contribution < 1.29 is 26.4 Å². The van der Waals surface area contributed by atoms with Gasteiger partial charge in [0.25, 0.3) is 15.7 Å². The van der Waals surface area contributed by atoms with Crippen molar-refractivity contribution in [2.45, 2.75) is 22.2 Å². The van der Waals surface area contributed by atoms with E-state index in [2.05, 4.69) is 0 Å². The van der Waals surface area contributed by atoms with E-state index in [0.29, 0.717) is 25.7 Å². The lowest BCUT2D eigenvalue weighted by atomic mass is 10.3. The normalized spacial score (nSPS) is 21.0. The molecule has 0 atom stereocenters. The van der Waals surface area contributed by atoms with E-state index in [-0.39, 0.29) is 11.6 Å². The number of thioether (sulfide) groups is 2. The molecule has 2 aliphatic rings. The van der Waals surface area contributed by atoms with E-state index < -0.39 is 20.2 Å². The van der Waals surface area contributed by atoms with Gasteiger partial charge in [-0.25, -0.2) is 8.42 Å². The lowest BCUT2D eigenvalue weighted by molar-refractivity contribution is -0.122.